The number of carboxylic acid groups (broad SMARTS) is 1. The van der Waals surface area contributed by atoms with E-state index in [0.29, 0.717) is 0 Å². The number of thiazole rings is 1. The molecule has 5 heteroatoms. The summed E-state index contributed by atoms with van der Waals surface area (Å²) in [7, 11) is 0. The second kappa shape index (κ2) is 5.63. The van der Waals surface area contributed by atoms with E-state index in [9.17, 15) is 9.90 Å². The minimum absolute atomic E-state index is 0.734. The average molecular weight is 290 g/mol. The molecule has 2 aromatic rings. The molecule has 0 saturated carbocycles. The molecule has 2 N–H and O–H groups in total. The lowest BCUT2D eigenvalue weighted by atomic mass is 9.85. The molecule has 0 atom stereocenters. The number of hydrogen-bond acceptors (Lipinski definition) is 4. The Morgan fingerprint density at radius 3 is 2.50 bits per heavy atom. The summed E-state index contributed by atoms with van der Waals surface area (Å²) in [4.78, 5) is 16.6. The van der Waals surface area contributed by atoms with Gasteiger partial charge in [-0.05, 0) is 38.5 Å². The molecular formula is C15H18N2O2S. The summed E-state index contributed by atoms with van der Waals surface area (Å²) < 4.78 is 0. The van der Waals surface area contributed by atoms with Gasteiger partial charge in [0, 0.05) is 10.6 Å². The predicted molar refractivity (Wildman–Crippen MR) is 81.3 cm³/mol. The van der Waals surface area contributed by atoms with Crippen molar-refractivity contribution < 1.29 is 9.90 Å². The molecular weight excluding hydrogens is 272 g/mol. The van der Waals surface area contributed by atoms with E-state index in [4.69, 9.17) is 0 Å². The van der Waals surface area contributed by atoms with Gasteiger partial charge in [-0.25, -0.2) is 4.98 Å². The number of nitrogens with one attached hydrogen (secondary N) is 1. The summed E-state index contributed by atoms with van der Waals surface area (Å²) >= 11 is 1.63. The molecule has 0 unspecified atom stereocenters. The van der Waals surface area contributed by atoms with Crippen molar-refractivity contribution in [3.63, 3.8) is 0 Å². The maximum Gasteiger partial charge on any atom is 0.313 e. The first kappa shape index (κ1) is 14.5. The van der Waals surface area contributed by atoms with Crippen LogP contribution >= 0.6 is 11.3 Å². The molecule has 106 valence electrons. The highest BCUT2D eigenvalue weighted by atomic mass is 32.1. The summed E-state index contributed by atoms with van der Waals surface area (Å²) in [5, 5.41) is 12.5. The van der Waals surface area contributed by atoms with Crippen molar-refractivity contribution in [3.8, 4) is 0 Å². The topological polar surface area (TPSA) is 62.2 Å². The summed E-state index contributed by atoms with van der Waals surface area (Å²) in [6.45, 7) is 6.14. The summed E-state index contributed by atoms with van der Waals surface area (Å²) in [6, 6.07) is 7.54. The molecule has 0 bridgehead atoms. The number of aliphatic carboxylic acids is 1. The fourth-order valence-electron chi connectivity index (χ4n) is 1.81. The van der Waals surface area contributed by atoms with Gasteiger partial charge in [-0.15, -0.1) is 11.3 Å². The minimum atomic E-state index is -0.868. The SMILES string of the molecule is Cc1ncsc1CNc1ccc(C(C)(C)C(=O)O)cc1. The quantitative estimate of drug-likeness (QED) is 0.885. The van der Waals surface area contributed by atoms with E-state index >= 15 is 0 Å². The lowest BCUT2D eigenvalue weighted by molar-refractivity contribution is -0.142. The molecule has 20 heavy (non-hydrogen) atoms. The van der Waals surface area contributed by atoms with E-state index in [1.165, 1.54) is 4.88 Å². The molecule has 1 aromatic carbocycles. The van der Waals surface area contributed by atoms with Crippen LogP contribution in [0.1, 0.15) is 30.0 Å². The number of aromatic nitrogens is 1. The molecule has 0 aliphatic carbocycles. The number of nitrogens with zero attached hydrogens (tertiary/aromatic N) is 1. The Morgan fingerprint density at radius 1 is 1.35 bits per heavy atom. The number of aryl methyl sites for hydroxylation is 1. The molecule has 0 aliphatic heterocycles. The van der Waals surface area contributed by atoms with Crippen LogP contribution in [0.4, 0.5) is 5.69 Å². The zero-order chi connectivity index (χ0) is 14.8. The molecule has 0 aliphatic rings. The van der Waals surface area contributed by atoms with Gasteiger partial charge in [0.2, 0.25) is 0 Å². The van der Waals surface area contributed by atoms with Crippen LogP contribution < -0.4 is 5.32 Å². The maximum absolute atomic E-state index is 11.2. The van der Waals surface area contributed by atoms with Crippen LogP contribution in [0.15, 0.2) is 29.8 Å². The molecule has 4 nitrogen and oxygen atoms in total. The standard InChI is InChI=1S/C15H18N2O2S/c1-10-13(20-9-17-10)8-16-12-6-4-11(5-7-12)15(2,3)14(18)19/h4-7,9,16H,8H2,1-3H3,(H,18,19). The Hall–Kier alpha value is -1.88. The second-order valence-electron chi connectivity index (χ2n) is 5.22. The highest BCUT2D eigenvalue weighted by Gasteiger charge is 2.29. The molecule has 0 saturated heterocycles. The highest BCUT2D eigenvalue weighted by Crippen LogP contribution is 2.25. The first-order chi connectivity index (χ1) is 9.41. The predicted octanol–water partition coefficient (Wildman–Crippen LogP) is 3.43. The Labute approximate surface area is 122 Å². The van der Waals surface area contributed by atoms with Crippen LogP contribution in [-0.2, 0) is 16.8 Å². The van der Waals surface area contributed by atoms with Crippen LogP contribution in [0.5, 0.6) is 0 Å². The van der Waals surface area contributed by atoms with E-state index in [1.54, 1.807) is 25.2 Å². The first-order valence-corrected chi connectivity index (χ1v) is 7.26. The van der Waals surface area contributed by atoms with Gasteiger partial charge in [-0.3, -0.25) is 4.79 Å². The Balaban J connectivity index is 2.06. The van der Waals surface area contributed by atoms with Crippen LogP contribution in [0.25, 0.3) is 0 Å². The van der Waals surface area contributed by atoms with Crippen molar-refractivity contribution >= 4 is 23.0 Å². The van der Waals surface area contributed by atoms with Crippen LogP contribution in [0.3, 0.4) is 0 Å². The molecule has 0 amide bonds. The monoisotopic (exact) mass is 290 g/mol. The normalized spacial score (nSPS) is 11.3. The average Bonchev–Trinajstić information content (AvgIpc) is 2.82. The number of anilines is 1. The van der Waals surface area contributed by atoms with Crippen molar-refractivity contribution in [2.24, 2.45) is 0 Å². The van der Waals surface area contributed by atoms with Gasteiger partial charge in [0.15, 0.2) is 0 Å². The van der Waals surface area contributed by atoms with Crippen LogP contribution in [-0.4, -0.2) is 16.1 Å². The van der Waals surface area contributed by atoms with Gasteiger partial charge in [0.25, 0.3) is 0 Å². The molecule has 2 rings (SSSR count). The van der Waals surface area contributed by atoms with E-state index < -0.39 is 11.4 Å². The van der Waals surface area contributed by atoms with Gasteiger partial charge in [0.05, 0.1) is 23.2 Å². The van der Waals surface area contributed by atoms with Crippen molar-refractivity contribution in [2.75, 3.05) is 5.32 Å². The third-order valence-corrected chi connectivity index (χ3v) is 4.37. The van der Waals surface area contributed by atoms with Crippen molar-refractivity contribution in [3.05, 3.63) is 45.9 Å². The first-order valence-electron chi connectivity index (χ1n) is 6.38. The number of hydrogen-bond donors (Lipinski definition) is 2. The number of carboxylic acids is 1. The second-order valence-corrected chi connectivity index (χ2v) is 6.16. The third-order valence-electron chi connectivity index (χ3n) is 3.44. The van der Waals surface area contributed by atoms with Gasteiger partial charge < -0.3 is 10.4 Å². The Morgan fingerprint density at radius 2 is 2.00 bits per heavy atom. The van der Waals surface area contributed by atoms with Crippen LogP contribution in [0, 0.1) is 6.92 Å². The molecule has 1 heterocycles. The Kier molecular flexibility index (Phi) is 4.09. The lowest BCUT2D eigenvalue weighted by Crippen LogP contribution is -2.28. The van der Waals surface area contributed by atoms with E-state index in [1.807, 2.05) is 36.7 Å². The number of benzene rings is 1. The van der Waals surface area contributed by atoms with Crippen LogP contribution in [0.2, 0.25) is 0 Å². The Bertz CT molecular complexity index is 603. The van der Waals surface area contributed by atoms with Gasteiger partial charge in [-0.2, -0.15) is 0 Å². The summed E-state index contributed by atoms with van der Waals surface area (Å²) in [5.41, 5.74) is 3.79. The number of rotatable bonds is 5. The lowest BCUT2D eigenvalue weighted by Gasteiger charge is -2.20. The molecule has 1 aromatic heterocycles. The van der Waals surface area contributed by atoms with Gasteiger partial charge in [0.1, 0.15) is 0 Å². The smallest absolute Gasteiger partial charge is 0.313 e. The van der Waals surface area contributed by atoms with E-state index in [-0.39, 0.29) is 0 Å². The van der Waals surface area contributed by atoms with Gasteiger partial charge >= 0.3 is 5.97 Å². The van der Waals surface area contributed by atoms with Crippen molar-refractivity contribution in [1.29, 1.82) is 0 Å². The van der Waals surface area contributed by atoms with Crippen molar-refractivity contribution in [1.82, 2.24) is 4.98 Å². The number of carbonyl (C=O) groups is 1. The molecule has 0 radical (unpaired) electrons. The van der Waals surface area contributed by atoms with E-state index in [2.05, 4.69) is 10.3 Å². The fourth-order valence-corrected chi connectivity index (χ4v) is 2.52. The molecule has 0 spiro atoms. The maximum atomic E-state index is 11.2. The van der Waals surface area contributed by atoms with Crippen molar-refractivity contribution in [2.45, 2.75) is 32.7 Å². The minimum Gasteiger partial charge on any atom is -0.481 e. The largest absolute Gasteiger partial charge is 0.481 e. The zero-order valence-electron chi connectivity index (χ0n) is 11.8. The third kappa shape index (κ3) is 2.99. The highest BCUT2D eigenvalue weighted by molar-refractivity contribution is 7.09. The summed E-state index contributed by atoms with van der Waals surface area (Å²) in [6.07, 6.45) is 0. The summed E-state index contributed by atoms with van der Waals surface area (Å²) in [5.74, 6) is -0.821. The fraction of sp³-hybridized carbons (Fsp3) is 0.333. The molecule has 0 fully saturated rings. The van der Waals surface area contributed by atoms with Gasteiger partial charge in [-0.1, -0.05) is 12.1 Å². The van der Waals surface area contributed by atoms with E-state index in [0.717, 1.165) is 23.5 Å². The zero-order valence-corrected chi connectivity index (χ0v) is 12.6.